The van der Waals surface area contributed by atoms with Crippen molar-refractivity contribution in [2.75, 3.05) is 0 Å². The van der Waals surface area contributed by atoms with Crippen molar-refractivity contribution in [3.8, 4) is 0 Å². The number of hydrogen-bond acceptors (Lipinski definition) is 0. The third-order valence-corrected chi connectivity index (χ3v) is 9.31. The van der Waals surface area contributed by atoms with Gasteiger partial charge in [-0.1, -0.05) is 60.9 Å². The Morgan fingerprint density at radius 3 is 0.913 bits per heavy atom. The molecule has 2 aliphatic carbocycles. The van der Waals surface area contributed by atoms with Gasteiger partial charge in [0, 0.05) is 4.83 Å². The van der Waals surface area contributed by atoms with E-state index in [4.69, 9.17) is 69.6 Å². The molecule has 0 spiro atoms. The molecule has 0 amide bonds. The van der Waals surface area contributed by atoms with Crippen LogP contribution >= 0.6 is 85.5 Å². The summed E-state index contributed by atoms with van der Waals surface area (Å²) in [4.78, 5) is 0.820. The Labute approximate surface area is 179 Å². The highest BCUT2D eigenvalue weighted by atomic mass is 79.9. The Balaban J connectivity index is 0.000000231. The second-order valence-corrected chi connectivity index (χ2v) is 10.6. The van der Waals surface area contributed by atoms with Crippen molar-refractivity contribution in [1.82, 2.24) is 0 Å². The van der Waals surface area contributed by atoms with Crippen molar-refractivity contribution in [3.63, 3.8) is 0 Å². The molecule has 0 saturated heterocycles. The highest BCUT2D eigenvalue weighted by Crippen LogP contribution is 2.39. The van der Waals surface area contributed by atoms with E-state index in [9.17, 15) is 0 Å². The molecule has 0 bridgehead atoms. The molecule has 0 heterocycles. The molecule has 0 aromatic carbocycles. The monoisotopic (exact) mass is 506 g/mol. The van der Waals surface area contributed by atoms with E-state index < -0.39 is 32.3 Å². The van der Waals surface area contributed by atoms with E-state index in [2.05, 4.69) is 15.9 Å². The molecule has 0 N–H and O–H groups in total. The van der Waals surface area contributed by atoms with Crippen LogP contribution in [0.3, 0.4) is 0 Å². The Hall–Kier alpha value is 2.22. The van der Waals surface area contributed by atoms with Gasteiger partial charge >= 0.3 is 0 Å². The molecule has 2 fully saturated rings. The lowest BCUT2D eigenvalue weighted by atomic mass is 9.97. The van der Waals surface area contributed by atoms with Gasteiger partial charge in [0.05, 0.1) is 32.3 Å². The van der Waals surface area contributed by atoms with Crippen LogP contribution in [-0.4, -0.2) is 37.1 Å². The zero-order valence-electron chi connectivity index (χ0n) is 13.1. The number of rotatable bonds is 0. The first-order valence-corrected chi connectivity index (χ1v) is 11.9. The molecule has 0 unspecified atom stereocenters. The zero-order valence-corrected chi connectivity index (χ0v) is 19.2. The van der Waals surface area contributed by atoms with Crippen LogP contribution < -0.4 is 0 Å². The van der Waals surface area contributed by atoms with E-state index in [1.807, 2.05) is 0 Å². The summed E-state index contributed by atoms with van der Waals surface area (Å²) in [6, 6.07) is 0. The maximum Gasteiger partial charge on any atom is 0.0693 e. The topological polar surface area (TPSA) is 0 Å². The van der Waals surface area contributed by atoms with Crippen molar-refractivity contribution in [2.24, 2.45) is 0 Å². The number of halogens is 7. The first-order chi connectivity index (χ1) is 10.9. The van der Waals surface area contributed by atoms with Crippen molar-refractivity contribution in [1.29, 1.82) is 0 Å². The molecule has 0 aromatic heterocycles. The van der Waals surface area contributed by atoms with Gasteiger partial charge < -0.3 is 0 Å². The van der Waals surface area contributed by atoms with E-state index in [0.717, 1.165) is 4.83 Å². The Bertz CT molecular complexity index is 250. The lowest BCUT2D eigenvalue weighted by molar-refractivity contribution is 0.514. The van der Waals surface area contributed by atoms with E-state index in [0.29, 0.717) is 0 Å². The van der Waals surface area contributed by atoms with Gasteiger partial charge in [0.25, 0.3) is 0 Å². The summed E-state index contributed by atoms with van der Waals surface area (Å²) in [7, 11) is 0. The van der Waals surface area contributed by atoms with Crippen LogP contribution in [0.4, 0.5) is 0 Å². The molecule has 0 atom stereocenters. The summed E-state index contributed by atoms with van der Waals surface area (Å²) in [5.74, 6) is 0. The van der Waals surface area contributed by atoms with Crippen LogP contribution in [0.2, 0.25) is 0 Å². The third-order valence-electron chi connectivity index (χ3n) is 4.36. The zero-order chi connectivity index (χ0) is 17.4. The van der Waals surface area contributed by atoms with Crippen molar-refractivity contribution < 1.29 is 0 Å². The van der Waals surface area contributed by atoms with E-state index in [-0.39, 0.29) is 0 Å². The van der Waals surface area contributed by atoms with Crippen LogP contribution in [0.1, 0.15) is 57.8 Å². The smallest absolute Gasteiger partial charge is 0.0693 e. The van der Waals surface area contributed by atoms with Gasteiger partial charge in [-0.2, -0.15) is 0 Å². The minimum atomic E-state index is -0.437. The van der Waals surface area contributed by atoms with Crippen molar-refractivity contribution in [3.05, 3.63) is 0 Å². The molecule has 7 heteroatoms. The van der Waals surface area contributed by atoms with Gasteiger partial charge in [0.15, 0.2) is 0 Å². The maximum absolute atomic E-state index is 5.88. The molecule has 2 rings (SSSR count). The summed E-state index contributed by atoms with van der Waals surface area (Å²) < 4.78 is 0. The van der Waals surface area contributed by atoms with Gasteiger partial charge in [-0.25, -0.2) is 0 Å². The minimum Gasteiger partial charge on any atom is -0.120 e. The highest BCUT2D eigenvalue weighted by molar-refractivity contribution is 9.09. The summed E-state index contributed by atoms with van der Waals surface area (Å²) in [6.45, 7) is 0. The SMILES string of the molecule is BrC1CCCCCCCCC1.Cl[C@H]1[C@H](Cl)[C@@H](Cl)[C@@H](Cl)[C@H](Cl)[C@H]1Cl. The standard InChI is InChI=1S/C10H19Br.C6H6Cl6/c11-10-8-6-4-2-1-3-5-7-9-10;7-1-2(8)4(10)6(12)5(11)3(1)9/h10H,1-9H2;1-6H/t;1-,2-,3-,4+,5+,6+. The number of hydrogen-bond donors (Lipinski definition) is 0. The molecule has 0 aromatic rings. The molecular formula is C16H25BrCl6. The van der Waals surface area contributed by atoms with Gasteiger partial charge in [-0.15, -0.1) is 69.6 Å². The summed E-state index contributed by atoms with van der Waals surface area (Å²) in [6.07, 6.45) is 13.0. The van der Waals surface area contributed by atoms with Crippen LogP contribution in [0.5, 0.6) is 0 Å². The second kappa shape index (κ2) is 12.6. The molecule has 0 radical (unpaired) electrons. The Morgan fingerprint density at radius 1 is 0.435 bits per heavy atom. The first-order valence-electron chi connectivity index (χ1n) is 8.34. The molecule has 2 aliphatic rings. The molecule has 2 saturated carbocycles. The Morgan fingerprint density at radius 2 is 0.652 bits per heavy atom. The fourth-order valence-corrected chi connectivity index (χ4v) is 5.79. The molecule has 0 aliphatic heterocycles. The van der Waals surface area contributed by atoms with Gasteiger partial charge in [-0.05, 0) is 12.8 Å². The van der Waals surface area contributed by atoms with Gasteiger partial charge in [-0.3, -0.25) is 0 Å². The first kappa shape index (κ1) is 23.3. The van der Waals surface area contributed by atoms with E-state index >= 15 is 0 Å². The average molecular weight is 510 g/mol. The van der Waals surface area contributed by atoms with Crippen LogP contribution in [0.15, 0.2) is 0 Å². The summed E-state index contributed by atoms with van der Waals surface area (Å²) >= 11 is 39.0. The van der Waals surface area contributed by atoms with E-state index in [1.54, 1.807) is 0 Å². The summed E-state index contributed by atoms with van der Waals surface area (Å²) in [5.41, 5.74) is 0. The quantitative estimate of drug-likeness (QED) is 0.291. The van der Waals surface area contributed by atoms with Gasteiger partial charge in [0.2, 0.25) is 0 Å². The molecule has 138 valence electrons. The normalized spacial score (nSPS) is 40.8. The lowest BCUT2D eigenvalue weighted by Gasteiger charge is -2.37. The fourth-order valence-electron chi connectivity index (χ4n) is 2.81. The minimum absolute atomic E-state index is 0.437. The molecule has 23 heavy (non-hydrogen) atoms. The second-order valence-electron chi connectivity index (χ2n) is 6.32. The summed E-state index contributed by atoms with van der Waals surface area (Å²) in [5, 5.41) is -2.62. The predicted molar refractivity (Wildman–Crippen MR) is 112 cm³/mol. The van der Waals surface area contributed by atoms with Crippen LogP contribution in [0.25, 0.3) is 0 Å². The predicted octanol–water partition coefficient (Wildman–Crippen LogP) is 7.92. The van der Waals surface area contributed by atoms with Crippen LogP contribution in [-0.2, 0) is 0 Å². The van der Waals surface area contributed by atoms with Crippen molar-refractivity contribution >= 4 is 85.5 Å². The maximum atomic E-state index is 5.88. The van der Waals surface area contributed by atoms with Crippen molar-refractivity contribution in [2.45, 2.75) is 94.9 Å². The van der Waals surface area contributed by atoms with Gasteiger partial charge in [0.1, 0.15) is 0 Å². The third kappa shape index (κ3) is 8.19. The fraction of sp³-hybridized carbons (Fsp3) is 1.00. The Kier molecular flexibility index (Phi) is 12.7. The molecular weight excluding hydrogens is 485 g/mol. The largest absolute Gasteiger partial charge is 0.120 e. The lowest BCUT2D eigenvalue weighted by Crippen LogP contribution is -2.52. The average Bonchev–Trinajstić information content (AvgIpc) is 2.56. The molecule has 0 nitrogen and oxygen atoms in total. The highest BCUT2D eigenvalue weighted by Gasteiger charge is 2.46. The number of alkyl halides is 7. The van der Waals surface area contributed by atoms with Crippen LogP contribution in [0, 0.1) is 0 Å². The van der Waals surface area contributed by atoms with E-state index in [1.165, 1.54) is 57.8 Å².